The summed E-state index contributed by atoms with van der Waals surface area (Å²) in [6.07, 6.45) is 3.02. The number of benzene rings is 2. The number of carbonyl (C=O) groups excluding carboxylic acids is 2. The number of ketones is 2. The molecule has 23 heavy (non-hydrogen) atoms. The van der Waals surface area contributed by atoms with Gasteiger partial charge in [0.15, 0.2) is 11.6 Å². The van der Waals surface area contributed by atoms with Crippen molar-refractivity contribution in [3.63, 3.8) is 0 Å². The van der Waals surface area contributed by atoms with Gasteiger partial charge in [0.2, 0.25) is 0 Å². The highest BCUT2D eigenvalue weighted by Crippen LogP contribution is 2.50. The Bertz CT molecular complexity index is 720. The van der Waals surface area contributed by atoms with E-state index in [1.54, 1.807) is 0 Å². The zero-order valence-corrected chi connectivity index (χ0v) is 12.9. The van der Waals surface area contributed by atoms with Gasteiger partial charge in [-0.3, -0.25) is 9.59 Å². The molecular formula is C21H18O2. The quantitative estimate of drug-likeness (QED) is 0.780. The molecule has 2 aromatic carbocycles. The van der Waals surface area contributed by atoms with Crippen molar-refractivity contribution in [3.05, 3.63) is 82.9 Å². The third kappa shape index (κ3) is 2.35. The molecule has 0 heterocycles. The van der Waals surface area contributed by atoms with Gasteiger partial charge in [-0.15, -0.1) is 0 Å². The van der Waals surface area contributed by atoms with E-state index < -0.39 is 0 Å². The minimum atomic E-state index is 0.0390. The molecule has 1 saturated carbocycles. The van der Waals surface area contributed by atoms with Crippen LogP contribution in [0.2, 0.25) is 0 Å². The molecule has 0 saturated heterocycles. The first-order valence-electron chi connectivity index (χ1n) is 8.19. The molecule has 0 N–H and O–H groups in total. The lowest BCUT2D eigenvalue weighted by Crippen LogP contribution is -2.18. The molecule has 0 aromatic heterocycles. The molecule has 2 heteroatoms. The third-order valence-electron chi connectivity index (χ3n) is 5.10. The van der Waals surface area contributed by atoms with Crippen LogP contribution in [0.3, 0.4) is 0 Å². The standard InChI is InChI=1S/C21H18O2/c22-20(14-7-3-1-4-8-14)18-16-11-12-17(13-16)19(18)21(23)15-9-5-2-6-10-15/h1-10,16-17H,11-13H2. The zero-order valence-electron chi connectivity index (χ0n) is 12.9. The molecule has 0 radical (unpaired) electrons. The molecule has 2 aliphatic rings. The Kier molecular flexibility index (Phi) is 3.45. The maximum absolute atomic E-state index is 13.0. The number of rotatable bonds is 4. The molecule has 2 unspecified atom stereocenters. The van der Waals surface area contributed by atoms with Crippen molar-refractivity contribution in [2.75, 3.05) is 0 Å². The summed E-state index contributed by atoms with van der Waals surface area (Å²) in [6, 6.07) is 18.7. The fourth-order valence-corrected chi connectivity index (χ4v) is 4.05. The number of Topliss-reactive ketones (excluding diaryl/α,β-unsaturated/α-hetero) is 2. The SMILES string of the molecule is O=C(C1=C(C(=O)c2ccccc2)C2CCC1C2)c1ccccc1. The number of fused-ring (bicyclic) bond motifs is 2. The van der Waals surface area contributed by atoms with E-state index in [9.17, 15) is 9.59 Å². The van der Waals surface area contributed by atoms with Gasteiger partial charge in [-0.1, -0.05) is 60.7 Å². The molecule has 2 atom stereocenters. The van der Waals surface area contributed by atoms with Crippen molar-refractivity contribution >= 4 is 11.6 Å². The van der Waals surface area contributed by atoms with Gasteiger partial charge in [0, 0.05) is 22.3 Å². The average molecular weight is 302 g/mol. The van der Waals surface area contributed by atoms with Gasteiger partial charge in [0.25, 0.3) is 0 Å². The number of hydrogen-bond donors (Lipinski definition) is 0. The van der Waals surface area contributed by atoms with E-state index in [0.717, 1.165) is 30.4 Å². The number of allylic oxidation sites excluding steroid dienone is 2. The lowest BCUT2D eigenvalue weighted by molar-refractivity contribution is 0.0987. The maximum atomic E-state index is 13.0. The topological polar surface area (TPSA) is 34.1 Å². The van der Waals surface area contributed by atoms with Crippen LogP contribution < -0.4 is 0 Å². The van der Waals surface area contributed by atoms with Gasteiger partial charge in [0.05, 0.1) is 0 Å². The summed E-state index contributed by atoms with van der Waals surface area (Å²) in [5.74, 6) is 0.597. The summed E-state index contributed by atoms with van der Waals surface area (Å²) in [4.78, 5) is 25.9. The van der Waals surface area contributed by atoms with Crippen LogP contribution in [-0.4, -0.2) is 11.6 Å². The number of hydrogen-bond acceptors (Lipinski definition) is 2. The first-order valence-corrected chi connectivity index (χ1v) is 8.19. The first-order chi connectivity index (χ1) is 11.3. The monoisotopic (exact) mass is 302 g/mol. The van der Waals surface area contributed by atoms with E-state index in [1.165, 1.54) is 0 Å². The van der Waals surface area contributed by atoms with Crippen molar-refractivity contribution in [1.82, 2.24) is 0 Å². The summed E-state index contributed by atoms with van der Waals surface area (Å²) >= 11 is 0. The van der Waals surface area contributed by atoms with Gasteiger partial charge in [-0.05, 0) is 31.1 Å². The van der Waals surface area contributed by atoms with Crippen LogP contribution in [-0.2, 0) is 0 Å². The molecular weight excluding hydrogens is 284 g/mol. The normalized spacial score (nSPS) is 22.4. The van der Waals surface area contributed by atoms with Gasteiger partial charge in [-0.2, -0.15) is 0 Å². The van der Waals surface area contributed by atoms with Crippen LogP contribution >= 0.6 is 0 Å². The van der Waals surface area contributed by atoms with Crippen LogP contribution in [0, 0.1) is 11.8 Å². The predicted molar refractivity (Wildman–Crippen MR) is 89.4 cm³/mol. The van der Waals surface area contributed by atoms with Crippen LogP contribution in [0.1, 0.15) is 40.0 Å². The fourth-order valence-electron chi connectivity index (χ4n) is 4.05. The molecule has 2 aliphatic carbocycles. The van der Waals surface area contributed by atoms with Crippen LogP contribution in [0.25, 0.3) is 0 Å². The van der Waals surface area contributed by atoms with Crippen molar-refractivity contribution in [2.24, 2.45) is 11.8 Å². The molecule has 2 aromatic rings. The average Bonchev–Trinajstić information content (AvgIpc) is 3.23. The molecule has 0 amide bonds. The van der Waals surface area contributed by atoms with Crippen molar-refractivity contribution in [3.8, 4) is 0 Å². The van der Waals surface area contributed by atoms with E-state index in [4.69, 9.17) is 0 Å². The highest BCUT2D eigenvalue weighted by molar-refractivity contribution is 6.19. The molecule has 1 fully saturated rings. The van der Waals surface area contributed by atoms with E-state index in [2.05, 4.69) is 0 Å². The van der Waals surface area contributed by atoms with Gasteiger partial charge >= 0.3 is 0 Å². The van der Waals surface area contributed by atoms with Crippen LogP contribution in [0.15, 0.2) is 71.8 Å². The Morgan fingerprint density at radius 3 is 1.43 bits per heavy atom. The largest absolute Gasteiger partial charge is 0.289 e. The molecule has 2 bridgehead atoms. The highest BCUT2D eigenvalue weighted by atomic mass is 16.1. The molecule has 114 valence electrons. The summed E-state index contributed by atoms with van der Waals surface area (Å²) in [5, 5.41) is 0. The molecule has 4 rings (SSSR count). The maximum Gasteiger partial charge on any atom is 0.189 e. The Morgan fingerprint density at radius 2 is 1.04 bits per heavy atom. The first kappa shape index (κ1) is 14.1. The van der Waals surface area contributed by atoms with Crippen molar-refractivity contribution < 1.29 is 9.59 Å². The third-order valence-corrected chi connectivity index (χ3v) is 5.10. The summed E-state index contributed by atoms with van der Waals surface area (Å²) in [7, 11) is 0. The van der Waals surface area contributed by atoms with Crippen molar-refractivity contribution in [2.45, 2.75) is 19.3 Å². The minimum absolute atomic E-state index is 0.0390. The number of carbonyl (C=O) groups is 2. The van der Waals surface area contributed by atoms with E-state index in [-0.39, 0.29) is 23.4 Å². The molecule has 0 aliphatic heterocycles. The van der Waals surface area contributed by atoms with Crippen LogP contribution in [0.5, 0.6) is 0 Å². The van der Waals surface area contributed by atoms with Gasteiger partial charge < -0.3 is 0 Å². The van der Waals surface area contributed by atoms with Gasteiger partial charge in [0.1, 0.15) is 0 Å². The second kappa shape index (κ2) is 5.62. The van der Waals surface area contributed by atoms with Crippen molar-refractivity contribution in [1.29, 1.82) is 0 Å². The Labute approximate surface area is 135 Å². The molecule has 2 nitrogen and oxygen atoms in total. The summed E-state index contributed by atoms with van der Waals surface area (Å²) in [6.45, 7) is 0. The Morgan fingerprint density at radius 1 is 0.652 bits per heavy atom. The predicted octanol–water partition coefficient (Wildman–Crippen LogP) is 4.48. The van der Waals surface area contributed by atoms with E-state index in [0.29, 0.717) is 11.1 Å². The van der Waals surface area contributed by atoms with E-state index in [1.807, 2.05) is 60.7 Å². The Balaban J connectivity index is 1.79. The summed E-state index contributed by atoms with van der Waals surface area (Å²) in [5.41, 5.74) is 2.93. The Hall–Kier alpha value is -2.48. The molecule has 0 spiro atoms. The van der Waals surface area contributed by atoms with E-state index >= 15 is 0 Å². The van der Waals surface area contributed by atoms with Crippen LogP contribution in [0.4, 0.5) is 0 Å². The zero-order chi connectivity index (χ0) is 15.8. The highest BCUT2D eigenvalue weighted by Gasteiger charge is 2.44. The smallest absolute Gasteiger partial charge is 0.189 e. The second-order valence-corrected chi connectivity index (χ2v) is 6.42. The summed E-state index contributed by atoms with van der Waals surface area (Å²) < 4.78 is 0. The van der Waals surface area contributed by atoms with Gasteiger partial charge in [-0.25, -0.2) is 0 Å². The lowest BCUT2D eigenvalue weighted by atomic mass is 9.83. The minimum Gasteiger partial charge on any atom is -0.289 e. The fraction of sp³-hybridized carbons (Fsp3) is 0.238. The second-order valence-electron chi connectivity index (χ2n) is 6.42. The lowest BCUT2D eigenvalue weighted by Gasteiger charge is -2.18.